The largest absolute Gasteiger partial charge is 0.449 e. The van der Waals surface area contributed by atoms with Crippen LogP contribution in [-0.2, 0) is 28.9 Å². The predicted molar refractivity (Wildman–Crippen MR) is 94.1 cm³/mol. The van der Waals surface area contributed by atoms with E-state index in [4.69, 9.17) is 4.74 Å². The Bertz CT molecular complexity index is 723. The van der Waals surface area contributed by atoms with Crippen molar-refractivity contribution < 1.29 is 14.3 Å². The van der Waals surface area contributed by atoms with Gasteiger partial charge in [0.15, 0.2) is 6.10 Å². The molecule has 0 saturated carbocycles. The summed E-state index contributed by atoms with van der Waals surface area (Å²) in [5, 5.41) is 4.67. The number of rotatable bonds is 5. The van der Waals surface area contributed by atoms with Gasteiger partial charge in [-0.1, -0.05) is 30.3 Å². The summed E-state index contributed by atoms with van der Waals surface area (Å²) in [4.78, 5) is 25.8. The number of fused-ring (bicyclic) bond motifs is 1. The Morgan fingerprint density at radius 2 is 1.96 bits per heavy atom. The van der Waals surface area contributed by atoms with E-state index >= 15 is 0 Å². The van der Waals surface area contributed by atoms with Gasteiger partial charge in [-0.3, -0.25) is 4.79 Å². The smallest absolute Gasteiger partial charge is 0.340 e. The third kappa shape index (κ3) is 3.85. The number of hydrogen-bond acceptors (Lipinski definition) is 4. The van der Waals surface area contributed by atoms with Crippen LogP contribution in [0.5, 0.6) is 0 Å². The summed E-state index contributed by atoms with van der Waals surface area (Å²) in [6, 6.07) is 9.65. The Morgan fingerprint density at radius 3 is 2.75 bits per heavy atom. The molecule has 0 radical (unpaired) electrons. The monoisotopic (exact) mass is 343 g/mol. The quantitative estimate of drug-likeness (QED) is 0.846. The van der Waals surface area contributed by atoms with E-state index in [1.165, 1.54) is 11.3 Å². The molecule has 2 aromatic rings. The first-order valence-corrected chi connectivity index (χ1v) is 9.15. The SMILES string of the molecule is C[C@@H](OC(=O)c1csc2c1CCCC2)C(=O)NCc1ccccc1. The number of thiophene rings is 1. The minimum atomic E-state index is -0.805. The second kappa shape index (κ2) is 7.62. The number of amides is 1. The summed E-state index contributed by atoms with van der Waals surface area (Å²) >= 11 is 1.62. The number of hydrogen-bond donors (Lipinski definition) is 1. The van der Waals surface area contributed by atoms with E-state index in [2.05, 4.69) is 5.32 Å². The standard InChI is InChI=1S/C19H21NO3S/c1-13(18(21)20-11-14-7-3-2-4-8-14)23-19(22)16-12-24-17-10-6-5-9-15(16)17/h2-4,7-8,12-13H,5-6,9-11H2,1H3,(H,20,21)/t13-/m1/s1. The molecular weight excluding hydrogens is 322 g/mol. The van der Waals surface area contributed by atoms with Crippen molar-refractivity contribution in [2.75, 3.05) is 0 Å². The Hall–Kier alpha value is -2.14. The zero-order valence-corrected chi connectivity index (χ0v) is 14.5. The molecule has 0 bridgehead atoms. The van der Waals surface area contributed by atoms with Crippen molar-refractivity contribution in [1.29, 1.82) is 0 Å². The van der Waals surface area contributed by atoms with Crippen molar-refractivity contribution >= 4 is 23.2 Å². The minimum absolute atomic E-state index is 0.281. The molecule has 5 heteroatoms. The third-order valence-electron chi connectivity index (χ3n) is 4.24. The van der Waals surface area contributed by atoms with E-state index in [-0.39, 0.29) is 5.91 Å². The fourth-order valence-electron chi connectivity index (χ4n) is 2.87. The molecular formula is C19H21NO3S. The molecule has 0 spiro atoms. The number of aryl methyl sites for hydroxylation is 1. The van der Waals surface area contributed by atoms with Gasteiger partial charge in [0.2, 0.25) is 0 Å². The van der Waals surface area contributed by atoms with Crippen LogP contribution in [0.25, 0.3) is 0 Å². The Morgan fingerprint density at radius 1 is 1.21 bits per heavy atom. The van der Waals surface area contributed by atoms with Gasteiger partial charge >= 0.3 is 5.97 Å². The van der Waals surface area contributed by atoms with Gasteiger partial charge in [0.05, 0.1) is 5.56 Å². The second-order valence-corrected chi connectivity index (χ2v) is 6.97. The molecule has 1 heterocycles. The normalized spacial score (nSPS) is 14.5. The molecule has 1 amide bonds. The number of carbonyl (C=O) groups excluding carboxylic acids is 2. The lowest BCUT2D eigenvalue weighted by Crippen LogP contribution is -2.35. The van der Waals surface area contributed by atoms with Crippen LogP contribution in [0.15, 0.2) is 35.7 Å². The first-order chi connectivity index (χ1) is 11.6. The maximum atomic E-state index is 12.4. The number of ether oxygens (including phenoxy) is 1. The molecule has 1 aromatic heterocycles. The minimum Gasteiger partial charge on any atom is -0.449 e. The summed E-state index contributed by atoms with van der Waals surface area (Å²) in [7, 11) is 0. The van der Waals surface area contributed by atoms with Gasteiger partial charge in [-0.15, -0.1) is 11.3 Å². The van der Waals surface area contributed by atoms with Gasteiger partial charge in [0.25, 0.3) is 5.91 Å². The Labute approximate surface area is 145 Å². The molecule has 4 nitrogen and oxygen atoms in total. The predicted octanol–water partition coefficient (Wildman–Crippen LogP) is 3.49. The van der Waals surface area contributed by atoms with E-state index in [9.17, 15) is 9.59 Å². The zero-order valence-electron chi connectivity index (χ0n) is 13.7. The van der Waals surface area contributed by atoms with E-state index in [0.717, 1.165) is 30.4 Å². The highest BCUT2D eigenvalue weighted by Crippen LogP contribution is 2.30. The molecule has 1 N–H and O–H groups in total. The van der Waals surface area contributed by atoms with Crippen molar-refractivity contribution in [3.63, 3.8) is 0 Å². The van der Waals surface area contributed by atoms with Gasteiger partial charge in [0.1, 0.15) is 0 Å². The van der Waals surface area contributed by atoms with Gasteiger partial charge in [-0.25, -0.2) is 4.79 Å². The summed E-state index contributed by atoms with van der Waals surface area (Å²) in [6.07, 6.45) is 3.45. The van der Waals surface area contributed by atoms with Crippen molar-refractivity contribution in [2.45, 2.75) is 45.3 Å². The van der Waals surface area contributed by atoms with Gasteiger partial charge < -0.3 is 10.1 Å². The fourth-order valence-corrected chi connectivity index (χ4v) is 3.99. The Balaban J connectivity index is 1.56. The van der Waals surface area contributed by atoms with E-state index in [0.29, 0.717) is 12.1 Å². The van der Waals surface area contributed by atoms with Crippen LogP contribution < -0.4 is 5.32 Å². The lowest BCUT2D eigenvalue weighted by molar-refractivity contribution is -0.129. The topological polar surface area (TPSA) is 55.4 Å². The number of benzene rings is 1. The van der Waals surface area contributed by atoms with Crippen LogP contribution in [0.3, 0.4) is 0 Å². The van der Waals surface area contributed by atoms with Crippen molar-refractivity contribution in [3.8, 4) is 0 Å². The molecule has 1 atom stereocenters. The Kier molecular flexibility index (Phi) is 5.30. The average molecular weight is 343 g/mol. The first kappa shape index (κ1) is 16.7. The highest BCUT2D eigenvalue weighted by Gasteiger charge is 2.24. The van der Waals surface area contributed by atoms with Crippen LogP contribution in [0, 0.1) is 0 Å². The molecule has 1 aromatic carbocycles. The molecule has 1 aliphatic rings. The highest BCUT2D eigenvalue weighted by atomic mass is 32.1. The summed E-state index contributed by atoms with van der Waals surface area (Å²) in [5.74, 6) is -0.673. The van der Waals surface area contributed by atoms with Crippen LogP contribution >= 0.6 is 11.3 Å². The van der Waals surface area contributed by atoms with Crippen molar-refractivity contribution in [2.24, 2.45) is 0 Å². The zero-order chi connectivity index (χ0) is 16.9. The van der Waals surface area contributed by atoms with Crippen molar-refractivity contribution in [3.05, 3.63) is 57.3 Å². The van der Waals surface area contributed by atoms with Crippen LogP contribution in [0.2, 0.25) is 0 Å². The molecule has 126 valence electrons. The van der Waals surface area contributed by atoms with Crippen LogP contribution in [0.4, 0.5) is 0 Å². The molecule has 3 rings (SSSR count). The van der Waals surface area contributed by atoms with Crippen molar-refractivity contribution in [1.82, 2.24) is 5.32 Å². The number of carbonyl (C=O) groups is 2. The molecule has 0 fully saturated rings. The second-order valence-electron chi connectivity index (χ2n) is 6.01. The van der Waals surface area contributed by atoms with E-state index < -0.39 is 12.1 Å². The van der Waals surface area contributed by atoms with Gasteiger partial charge in [-0.05, 0) is 43.7 Å². The summed E-state index contributed by atoms with van der Waals surface area (Å²) < 4.78 is 5.37. The summed E-state index contributed by atoms with van der Waals surface area (Å²) in [5.41, 5.74) is 2.77. The fraction of sp³-hybridized carbons (Fsp3) is 0.368. The third-order valence-corrected chi connectivity index (χ3v) is 5.33. The molecule has 1 aliphatic carbocycles. The van der Waals surface area contributed by atoms with Crippen LogP contribution in [-0.4, -0.2) is 18.0 Å². The highest BCUT2D eigenvalue weighted by molar-refractivity contribution is 7.10. The maximum absolute atomic E-state index is 12.4. The number of esters is 1. The van der Waals surface area contributed by atoms with Gasteiger partial charge in [-0.2, -0.15) is 0 Å². The van der Waals surface area contributed by atoms with Crippen LogP contribution in [0.1, 0.15) is 46.1 Å². The lowest BCUT2D eigenvalue weighted by atomic mass is 9.96. The number of nitrogens with one attached hydrogen (secondary N) is 1. The molecule has 0 aliphatic heterocycles. The molecule has 24 heavy (non-hydrogen) atoms. The van der Waals surface area contributed by atoms with E-state index in [1.807, 2.05) is 35.7 Å². The lowest BCUT2D eigenvalue weighted by Gasteiger charge is -2.15. The van der Waals surface area contributed by atoms with Gasteiger partial charge in [0, 0.05) is 16.8 Å². The first-order valence-electron chi connectivity index (χ1n) is 8.27. The maximum Gasteiger partial charge on any atom is 0.340 e. The van der Waals surface area contributed by atoms with E-state index in [1.54, 1.807) is 18.3 Å². The molecule has 0 saturated heterocycles. The molecule has 0 unspecified atom stereocenters. The average Bonchev–Trinajstić information content (AvgIpc) is 3.04. The summed E-state index contributed by atoms with van der Waals surface area (Å²) in [6.45, 7) is 2.03.